The number of nitrogens with zero attached hydrogens (tertiary/aromatic N) is 2. The minimum atomic E-state index is -0.871. The van der Waals surface area contributed by atoms with Gasteiger partial charge in [0.1, 0.15) is 18.0 Å². The van der Waals surface area contributed by atoms with Gasteiger partial charge in [-0.25, -0.2) is 0 Å². The molecule has 4 rings (SSSR count). The number of aromatic hydroxyl groups is 1. The van der Waals surface area contributed by atoms with E-state index >= 15 is 0 Å². The van der Waals surface area contributed by atoms with Crippen LogP contribution >= 0.6 is 0 Å². The Bertz CT molecular complexity index is 1240. The van der Waals surface area contributed by atoms with Crippen molar-refractivity contribution in [2.24, 2.45) is 10.7 Å². The lowest BCUT2D eigenvalue weighted by atomic mass is 10.00. The number of likely N-dealkylation sites (N-methyl/N-ethyl adjacent to an activating group) is 1. The summed E-state index contributed by atoms with van der Waals surface area (Å²) in [6.45, 7) is 1.66. The summed E-state index contributed by atoms with van der Waals surface area (Å²) in [4.78, 5) is 32.8. The second-order valence-corrected chi connectivity index (χ2v) is 8.77. The smallest absolute Gasteiger partial charge is 0.220 e. The van der Waals surface area contributed by atoms with Gasteiger partial charge in [0.2, 0.25) is 5.91 Å². The summed E-state index contributed by atoms with van der Waals surface area (Å²) in [5.74, 6) is -0.345. The summed E-state index contributed by atoms with van der Waals surface area (Å²) in [7, 11) is 1.85. The monoisotopic (exact) mass is 470 g/mol. The van der Waals surface area contributed by atoms with E-state index in [0.717, 1.165) is 22.4 Å². The van der Waals surface area contributed by atoms with Gasteiger partial charge >= 0.3 is 0 Å². The zero-order chi connectivity index (χ0) is 24.9. The fourth-order valence-corrected chi connectivity index (χ4v) is 4.31. The van der Waals surface area contributed by atoms with Crippen molar-refractivity contribution in [1.82, 2.24) is 5.32 Å². The van der Waals surface area contributed by atoms with E-state index in [1.54, 1.807) is 25.1 Å². The highest BCUT2D eigenvalue weighted by molar-refractivity contribution is 6.17. The van der Waals surface area contributed by atoms with Crippen molar-refractivity contribution in [1.29, 1.82) is 0 Å². The first kappa shape index (κ1) is 24.2. The number of rotatable bonds is 7. The molecule has 1 amide bonds. The summed E-state index contributed by atoms with van der Waals surface area (Å²) >= 11 is 0. The number of para-hydroxylation sites is 1. The zero-order valence-corrected chi connectivity index (χ0v) is 19.9. The quantitative estimate of drug-likeness (QED) is 0.492. The van der Waals surface area contributed by atoms with E-state index in [1.807, 2.05) is 72.6 Å². The minimum absolute atomic E-state index is 0.158. The second-order valence-electron chi connectivity index (χ2n) is 8.77. The number of carbonyl (C=O) groups is 2. The number of aliphatic imine (C=N–C) groups is 1. The normalized spacial score (nSPS) is 18.1. The van der Waals surface area contributed by atoms with Crippen LogP contribution in [-0.2, 0) is 16.0 Å². The van der Waals surface area contributed by atoms with E-state index < -0.39 is 18.2 Å². The molecular formula is C28H30N4O3. The van der Waals surface area contributed by atoms with Crippen molar-refractivity contribution >= 4 is 23.1 Å². The van der Waals surface area contributed by atoms with Crippen molar-refractivity contribution in [3.63, 3.8) is 0 Å². The molecule has 1 aliphatic heterocycles. The van der Waals surface area contributed by atoms with Crippen LogP contribution in [0.5, 0.6) is 5.75 Å². The van der Waals surface area contributed by atoms with E-state index in [1.165, 1.54) is 0 Å². The number of benzene rings is 3. The number of hydrogen-bond acceptors (Lipinski definition) is 6. The second kappa shape index (κ2) is 10.5. The molecule has 180 valence electrons. The van der Waals surface area contributed by atoms with Crippen molar-refractivity contribution < 1.29 is 14.7 Å². The van der Waals surface area contributed by atoms with Gasteiger partial charge in [-0.05, 0) is 37.1 Å². The van der Waals surface area contributed by atoms with E-state index in [-0.39, 0.29) is 23.9 Å². The molecule has 1 heterocycles. The Morgan fingerprint density at radius 2 is 1.77 bits per heavy atom. The van der Waals surface area contributed by atoms with Crippen LogP contribution in [0.15, 0.2) is 83.9 Å². The van der Waals surface area contributed by atoms with Crippen LogP contribution in [0.2, 0.25) is 0 Å². The van der Waals surface area contributed by atoms with Crippen LogP contribution in [-0.4, -0.2) is 47.8 Å². The molecule has 7 nitrogen and oxygen atoms in total. The average molecular weight is 471 g/mol. The van der Waals surface area contributed by atoms with Crippen LogP contribution in [0.25, 0.3) is 0 Å². The number of Topliss-reactive ketones (excluding diaryl/α,β-unsaturated/α-hetero) is 1. The van der Waals surface area contributed by atoms with E-state index in [4.69, 9.17) is 10.7 Å². The lowest BCUT2D eigenvalue weighted by molar-refractivity contribution is -0.128. The third-order valence-electron chi connectivity index (χ3n) is 6.27. The lowest BCUT2D eigenvalue weighted by Crippen LogP contribution is -2.55. The van der Waals surface area contributed by atoms with Crippen molar-refractivity contribution in [3.05, 3.63) is 95.6 Å². The Kier molecular flexibility index (Phi) is 7.27. The van der Waals surface area contributed by atoms with Gasteiger partial charge in [0, 0.05) is 30.3 Å². The Morgan fingerprint density at radius 1 is 1.06 bits per heavy atom. The molecule has 0 fully saturated rings. The van der Waals surface area contributed by atoms with E-state index in [0.29, 0.717) is 12.1 Å². The first-order valence-electron chi connectivity index (χ1n) is 11.7. The first-order valence-corrected chi connectivity index (χ1v) is 11.7. The van der Waals surface area contributed by atoms with Crippen LogP contribution in [0.1, 0.15) is 30.0 Å². The van der Waals surface area contributed by atoms with Crippen LogP contribution < -0.4 is 16.0 Å². The van der Waals surface area contributed by atoms with Crippen LogP contribution in [0.4, 0.5) is 5.69 Å². The summed E-state index contributed by atoms with van der Waals surface area (Å²) < 4.78 is 0. The minimum Gasteiger partial charge on any atom is -0.508 e. The Hall–Kier alpha value is -3.97. The van der Waals surface area contributed by atoms with Crippen molar-refractivity contribution in [3.8, 4) is 5.75 Å². The van der Waals surface area contributed by atoms with Crippen LogP contribution in [0, 0.1) is 0 Å². The van der Waals surface area contributed by atoms with Gasteiger partial charge in [0.05, 0.1) is 11.8 Å². The van der Waals surface area contributed by atoms with Gasteiger partial charge in [-0.2, -0.15) is 0 Å². The third-order valence-corrected chi connectivity index (χ3v) is 6.27. The number of aryl methyl sites for hydroxylation is 1. The molecule has 0 bridgehead atoms. The number of nitrogens with one attached hydrogen (secondary N) is 1. The molecule has 3 aromatic rings. The molecule has 1 aliphatic rings. The molecular weight excluding hydrogens is 440 g/mol. The predicted octanol–water partition coefficient (Wildman–Crippen LogP) is 3.04. The SMILES string of the molecule is CC(NC(=O)CCc1cccc(O)c1)C(=O)C1N=C(c2ccccc2)c2ccccc2N(C)[C@@H]1N. The number of amides is 1. The van der Waals surface area contributed by atoms with Crippen molar-refractivity contribution in [2.45, 2.75) is 38.0 Å². The highest BCUT2D eigenvalue weighted by Crippen LogP contribution is 2.29. The molecule has 4 N–H and O–H groups in total. The number of benzodiazepines with no additional fused rings is 1. The fraction of sp³-hybridized carbons (Fsp3) is 0.250. The number of hydrogen-bond donors (Lipinski definition) is 3. The molecule has 2 unspecified atom stereocenters. The highest BCUT2D eigenvalue weighted by Gasteiger charge is 2.36. The van der Waals surface area contributed by atoms with Gasteiger partial charge in [-0.3, -0.25) is 14.6 Å². The Balaban J connectivity index is 1.55. The Labute approximate surface area is 205 Å². The van der Waals surface area contributed by atoms with Gasteiger partial charge in [0.25, 0.3) is 0 Å². The van der Waals surface area contributed by atoms with Crippen LogP contribution in [0.3, 0.4) is 0 Å². The maximum atomic E-state index is 13.5. The van der Waals surface area contributed by atoms with Gasteiger partial charge < -0.3 is 21.1 Å². The Morgan fingerprint density at radius 3 is 2.51 bits per heavy atom. The van der Waals surface area contributed by atoms with Gasteiger partial charge in [-0.1, -0.05) is 60.7 Å². The topological polar surface area (TPSA) is 108 Å². The molecule has 0 aliphatic carbocycles. The number of fused-ring (bicyclic) bond motifs is 1. The molecule has 35 heavy (non-hydrogen) atoms. The summed E-state index contributed by atoms with van der Waals surface area (Å²) in [6, 6.07) is 22.7. The number of phenolic OH excluding ortho intramolecular Hbond substituents is 1. The summed E-state index contributed by atoms with van der Waals surface area (Å²) in [6.07, 6.45) is -0.0448. The van der Waals surface area contributed by atoms with Gasteiger partial charge in [-0.15, -0.1) is 0 Å². The molecule has 0 spiro atoms. The molecule has 3 aromatic carbocycles. The molecule has 3 atom stereocenters. The number of phenols is 1. The zero-order valence-electron chi connectivity index (χ0n) is 19.9. The molecule has 0 radical (unpaired) electrons. The number of anilines is 1. The lowest BCUT2D eigenvalue weighted by Gasteiger charge is -2.30. The fourth-order valence-electron chi connectivity index (χ4n) is 4.31. The maximum absolute atomic E-state index is 13.5. The standard InChI is InChI=1S/C28H30N4O3/c1-18(30-24(34)16-15-19-9-8-12-21(33)17-19)27(35)26-28(29)32(2)23-14-7-6-13-22(23)25(31-26)20-10-4-3-5-11-20/h3-14,17-18,26,28,33H,15-16,29H2,1-2H3,(H,30,34)/t18?,26?,28-/m0/s1. The summed E-state index contributed by atoms with van der Waals surface area (Å²) in [5.41, 5.74) is 10.8. The molecule has 0 saturated carbocycles. The molecule has 0 aromatic heterocycles. The predicted molar refractivity (Wildman–Crippen MR) is 138 cm³/mol. The number of nitrogens with two attached hydrogens (primary N) is 1. The highest BCUT2D eigenvalue weighted by atomic mass is 16.3. The average Bonchev–Trinajstić information content (AvgIpc) is 2.98. The summed E-state index contributed by atoms with van der Waals surface area (Å²) in [5, 5.41) is 12.4. The first-order chi connectivity index (χ1) is 16.8. The molecule has 7 heteroatoms. The van der Waals surface area contributed by atoms with Gasteiger partial charge in [0.15, 0.2) is 5.78 Å². The number of ketones is 1. The molecule has 0 saturated heterocycles. The maximum Gasteiger partial charge on any atom is 0.220 e. The van der Waals surface area contributed by atoms with Crippen molar-refractivity contribution in [2.75, 3.05) is 11.9 Å². The van der Waals surface area contributed by atoms with E-state index in [2.05, 4.69) is 5.32 Å². The number of carbonyl (C=O) groups excluding carboxylic acids is 2. The van der Waals surface area contributed by atoms with E-state index in [9.17, 15) is 14.7 Å². The largest absolute Gasteiger partial charge is 0.508 e. The third kappa shape index (κ3) is 5.41.